The largest absolute Gasteiger partial charge is 0.476 e. The molecule has 1 aliphatic carbocycles. The van der Waals surface area contributed by atoms with Crippen LogP contribution in [-0.2, 0) is 4.74 Å². The van der Waals surface area contributed by atoms with Gasteiger partial charge >= 0.3 is 11.9 Å². The van der Waals surface area contributed by atoms with E-state index < -0.39 is 5.97 Å². The Morgan fingerprint density at radius 3 is 2.55 bits per heavy atom. The lowest BCUT2D eigenvalue weighted by molar-refractivity contribution is 0.0526. The first-order valence-electron chi connectivity index (χ1n) is 7.08. The highest BCUT2D eigenvalue weighted by Crippen LogP contribution is 2.41. The summed E-state index contributed by atoms with van der Waals surface area (Å²) in [5.41, 5.74) is 1.74. The molecular formula is C15H15N3O4. The molecule has 0 amide bonds. The van der Waals surface area contributed by atoms with Gasteiger partial charge in [-0.2, -0.15) is 0 Å². The lowest BCUT2D eigenvalue weighted by atomic mass is 10.2. The van der Waals surface area contributed by atoms with Crippen molar-refractivity contribution in [1.82, 2.24) is 15.0 Å². The number of ether oxygens (including phenoxy) is 1. The topological polar surface area (TPSA) is 94.3 Å². The number of aromatic carboxylic acids is 1. The predicted octanol–water partition coefficient (Wildman–Crippen LogP) is 2.02. The van der Waals surface area contributed by atoms with Gasteiger partial charge in [-0.15, -0.1) is 5.10 Å². The van der Waals surface area contributed by atoms with Crippen molar-refractivity contribution in [3.8, 4) is 5.69 Å². The molecule has 1 aromatic heterocycles. The summed E-state index contributed by atoms with van der Waals surface area (Å²) in [6.45, 7) is 2.06. The molecule has 1 aromatic carbocycles. The Kier molecular flexibility index (Phi) is 3.62. The van der Waals surface area contributed by atoms with Crippen molar-refractivity contribution in [2.24, 2.45) is 0 Å². The molecule has 22 heavy (non-hydrogen) atoms. The van der Waals surface area contributed by atoms with Crippen LogP contribution in [0.2, 0.25) is 0 Å². The Hall–Kier alpha value is -2.70. The van der Waals surface area contributed by atoms with Gasteiger partial charge in [-0.05, 0) is 44.0 Å². The van der Waals surface area contributed by atoms with Crippen LogP contribution in [0.4, 0.5) is 0 Å². The quantitative estimate of drug-likeness (QED) is 0.849. The predicted molar refractivity (Wildman–Crippen MR) is 76.2 cm³/mol. The number of nitrogens with zero attached hydrogens (tertiary/aromatic N) is 3. The Labute approximate surface area is 126 Å². The maximum atomic E-state index is 11.6. The van der Waals surface area contributed by atoms with Crippen LogP contribution in [0.25, 0.3) is 5.69 Å². The van der Waals surface area contributed by atoms with Gasteiger partial charge < -0.3 is 9.84 Å². The Bertz CT molecular complexity index is 717. The van der Waals surface area contributed by atoms with E-state index in [1.165, 1.54) is 4.68 Å². The number of esters is 1. The van der Waals surface area contributed by atoms with Gasteiger partial charge in [0.1, 0.15) is 0 Å². The van der Waals surface area contributed by atoms with Crippen molar-refractivity contribution in [2.75, 3.05) is 6.61 Å². The lowest BCUT2D eigenvalue weighted by Crippen LogP contribution is -2.07. The summed E-state index contributed by atoms with van der Waals surface area (Å²) in [4.78, 5) is 22.9. The van der Waals surface area contributed by atoms with Gasteiger partial charge in [-0.25, -0.2) is 14.3 Å². The molecule has 0 bridgehead atoms. The zero-order valence-corrected chi connectivity index (χ0v) is 12.0. The van der Waals surface area contributed by atoms with Gasteiger partial charge in [0.15, 0.2) is 5.69 Å². The van der Waals surface area contributed by atoms with Crippen LogP contribution in [0.5, 0.6) is 0 Å². The highest BCUT2D eigenvalue weighted by Gasteiger charge is 2.34. The molecule has 1 saturated carbocycles. The van der Waals surface area contributed by atoms with E-state index in [1.54, 1.807) is 31.2 Å². The second kappa shape index (κ2) is 5.59. The number of hydrogen-bond donors (Lipinski definition) is 1. The monoisotopic (exact) mass is 301 g/mol. The minimum Gasteiger partial charge on any atom is -0.476 e. The van der Waals surface area contributed by atoms with Crippen LogP contribution in [0.1, 0.15) is 52.2 Å². The first-order valence-corrected chi connectivity index (χ1v) is 7.08. The third-order valence-electron chi connectivity index (χ3n) is 3.49. The molecule has 0 saturated heterocycles. The number of carboxylic acids is 1. The van der Waals surface area contributed by atoms with Crippen molar-refractivity contribution in [3.63, 3.8) is 0 Å². The van der Waals surface area contributed by atoms with Gasteiger partial charge in [0.25, 0.3) is 0 Å². The molecule has 1 fully saturated rings. The Balaban J connectivity index is 1.94. The van der Waals surface area contributed by atoms with Crippen LogP contribution in [-0.4, -0.2) is 38.6 Å². The average molecular weight is 301 g/mol. The molecule has 0 radical (unpaired) electrons. The summed E-state index contributed by atoms with van der Waals surface area (Å²) in [5, 5.41) is 16.9. The minimum atomic E-state index is -1.07. The lowest BCUT2D eigenvalue weighted by Gasteiger charge is -2.07. The summed E-state index contributed by atoms with van der Waals surface area (Å²) >= 11 is 0. The minimum absolute atomic E-state index is 0.00281. The molecule has 1 aliphatic rings. The van der Waals surface area contributed by atoms with E-state index in [9.17, 15) is 14.7 Å². The van der Waals surface area contributed by atoms with Crippen molar-refractivity contribution in [2.45, 2.75) is 25.7 Å². The number of benzene rings is 1. The molecule has 3 rings (SSSR count). The molecule has 7 nitrogen and oxygen atoms in total. The number of carboxylic acid groups (broad SMARTS) is 1. The summed E-state index contributed by atoms with van der Waals surface area (Å²) in [5.74, 6) is -1.27. The zero-order valence-electron chi connectivity index (χ0n) is 12.0. The van der Waals surface area contributed by atoms with Crippen LogP contribution in [0, 0.1) is 0 Å². The molecule has 0 unspecified atom stereocenters. The molecular weight excluding hydrogens is 286 g/mol. The summed E-state index contributed by atoms with van der Waals surface area (Å²) in [6.07, 6.45) is 1.88. The average Bonchev–Trinajstić information content (AvgIpc) is 3.25. The molecule has 2 aromatic rings. The third kappa shape index (κ3) is 2.57. The number of rotatable bonds is 5. The number of aromatic nitrogens is 3. The fourth-order valence-corrected chi connectivity index (χ4v) is 2.31. The summed E-state index contributed by atoms with van der Waals surface area (Å²) < 4.78 is 6.47. The first-order chi connectivity index (χ1) is 10.6. The SMILES string of the molecule is CCOC(=O)c1ccc(-n2nnc(C(=O)O)c2C2CC2)cc1. The molecule has 0 spiro atoms. The highest BCUT2D eigenvalue weighted by atomic mass is 16.5. The van der Waals surface area contributed by atoms with Crippen molar-refractivity contribution >= 4 is 11.9 Å². The maximum absolute atomic E-state index is 11.6. The van der Waals surface area contributed by atoms with E-state index in [-0.39, 0.29) is 17.6 Å². The number of carbonyl (C=O) groups excluding carboxylic acids is 1. The fraction of sp³-hybridized carbons (Fsp3) is 0.333. The van der Waals surface area contributed by atoms with E-state index in [0.29, 0.717) is 23.6 Å². The first kappa shape index (κ1) is 14.2. The van der Waals surface area contributed by atoms with Crippen LogP contribution < -0.4 is 0 Å². The molecule has 1 heterocycles. The zero-order chi connectivity index (χ0) is 15.7. The standard InChI is InChI=1S/C15H15N3O4/c1-2-22-15(21)10-5-7-11(8-6-10)18-13(9-3-4-9)12(14(19)20)16-17-18/h5-9H,2-4H2,1H3,(H,19,20). The van der Waals surface area contributed by atoms with Gasteiger partial charge in [-0.1, -0.05) is 5.21 Å². The van der Waals surface area contributed by atoms with Crippen molar-refractivity contribution in [1.29, 1.82) is 0 Å². The van der Waals surface area contributed by atoms with Crippen molar-refractivity contribution in [3.05, 3.63) is 41.2 Å². The third-order valence-corrected chi connectivity index (χ3v) is 3.49. The highest BCUT2D eigenvalue weighted by molar-refractivity contribution is 5.89. The summed E-state index contributed by atoms with van der Waals surface area (Å²) in [7, 11) is 0. The van der Waals surface area contributed by atoms with E-state index in [1.807, 2.05) is 0 Å². The molecule has 0 atom stereocenters. The van der Waals surface area contributed by atoms with Gasteiger partial charge in [0.05, 0.1) is 23.6 Å². The smallest absolute Gasteiger partial charge is 0.358 e. The summed E-state index contributed by atoms with van der Waals surface area (Å²) in [6, 6.07) is 6.68. The maximum Gasteiger partial charge on any atom is 0.358 e. The van der Waals surface area contributed by atoms with E-state index in [0.717, 1.165) is 12.8 Å². The Morgan fingerprint density at radius 1 is 1.32 bits per heavy atom. The van der Waals surface area contributed by atoms with Crippen LogP contribution >= 0.6 is 0 Å². The molecule has 7 heteroatoms. The Morgan fingerprint density at radius 2 is 2.00 bits per heavy atom. The van der Waals surface area contributed by atoms with Crippen LogP contribution in [0.15, 0.2) is 24.3 Å². The normalized spacial score (nSPS) is 13.9. The van der Waals surface area contributed by atoms with Gasteiger partial charge in [-0.3, -0.25) is 0 Å². The van der Waals surface area contributed by atoms with E-state index >= 15 is 0 Å². The molecule has 114 valence electrons. The number of carbonyl (C=O) groups is 2. The second-order valence-electron chi connectivity index (χ2n) is 5.08. The van der Waals surface area contributed by atoms with Gasteiger partial charge in [0.2, 0.25) is 0 Å². The van der Waals surface area contributed by atoms with Gasteiger partial charge in [0, 0.05) is 5.92 Å². The molecule has 1 N–H and O–H groups in total. The van der Waals surface area contributed by atoms with E-state index in [2.05, 4.69) is 10.3 Å². The van der Waals surface area contributed by atoms with Crippen molar-refractivity contribution < 1.29 is 19.4 Å². The fourth-order valence-electron chi connectivity index (χ4n) is 2.31. The number of hydrogen-bond acceptors (Lipinski definition) is 5. The molecule has 0 aliphatic heterocycles. The second-order valence-corrected chi connectivity index (χ2v) is 5.08. The van der Waals surface area contributed by atoms with E-state index in [4.69, 9.17) is 4.74 Å². The van der Waals surface area contributed by atoms with Crippen LogP contribution in [0.3, 0.4) is 0 Å².